The molecule has 2 N–H and O–H groups in total. The largest absolute Gasteiger partial charge is 0.447 e. The van der Waals surface area contributed by atoms with Gasteiger partial charge >= 0.3 is 6.09 Å². The number of likely N-dealkylation sites (N-methyl/N-ethyl adjacent to an activating group) is 1. The van der Waals surface area contributed by atoms with Crippen molar-refractivity contribution in [1.82, 2.24) is 10.6 Å². The maximum Gasteiger partial charge on any atom is 0.407 e. The van der Waals surface area contributed by atoms with Crippen LogP contribution in [0.4, 0.5) is 4.79 Å². The van der Waals surface area contributed by atoms with Crippen molar-refractivity contribution in [3.8, 4) is 0 Å². The van der Waals surface area contributed by atoms with Crippen LogP contribution in [0.25, 0.3) is 0 Å². The highest BCUT2D eigenvalue weighted by Crippen LogP contribution is 1.86. The Labute approximate surface area is 67.3 Å². The third-order valence-corrected chi connectivity index (χ3v) is 0.987. The quantitative estimate of drug-likeness (QED) is 0.583. The van der Waals surface area contributed by atoms with Crippen molar-refractivity contribution >= 4 is 6.09 Å². The molecule has 1 amide bonds. The summed E-state index contributed by atoms with van der Waals surface area (Å²) in [6, 6.07) is 0. The van der Waals surface area contributed by atoms with E-state index in [1.807, 2.05) is 20.9 Å². The van der Waals surface area contributed by atoms with E-state index in [4.69, 9.17) is 4.74 Å². The fourth-order valence-electron chi connectivity index (χ4n) is 0.545. The van der Waals surface area contributed by atoms with E-state index in [2.05, 4.69) is 10.6 Å². The number of carbonyl (C=O) groups excluding carboxylic acids is 1. The van der Waals surface area contributed by atoms with E-state index in [-0.39, 0.29) is 12.2 Å². The molecule has 4 nitrogen and oxygen atoms in total. The van der Waals surface area contributed by atoms with Gasteiger partial charge in [0.05, 0.1) is 6.10 Å². The first-order valence-electron chi connectivity index (χ1n) is 3.76. The van der Waals surface area contributed by atoms with E-state index < -0.39 is 0 Å². The normalized spacial score (nSPS) is 9.82. The van der Waals surface area contributed by atoms with Crippen LogP contribution < -0.4 is 10.6 Å². The van der Waals surface area contributed by atoms with Gasteiger partial charge in [0.25, 0.3) is 0 Å². The minimum absolute atomic E-state index is 0.0513. The van der Waals surface area contributed by atoms with Crippen molar-refractivity contribution in [1.29, 1.82) is 0 Å². The van der Waals surface area contributed by atoms with Crippen molar-refractivity contribution in [2.45, 2.75) is 20.0 Å². The zero-order valence-corrected chi connectivity index (χ0v) is 7.31. The third-order valence-electron chi connectivity index (χ3n) is 0.987. The highest BCUT2D eigenvalue weighted by Gasteiger charge is 2.01. The molecule has 0 fully saturated rings. The molecule has 0 aromatic carbocycles. The average Bonchev–Trinajstić information content (AvgIpc) is 1.86. The number of nitrogens with one attached hydrogen (secondary N) is 2. The number of hydrogen-bond donors (Lipinski definition) is 2. The van der Waals surface area contributed by atoms with Crippen molar-refractivity contribution < 1.29 is 9.53 Å². The summed E-state index contributed by atoms with van der Waals surface area (Å²) in [6.45, 7) is 4.99. The second kappa shape index (κ2) is 5.97. The maximum absolute atomic E-state index is 10.8. The first-order valence-corrected chi connectivity index (χ1v) is 3.76. The number of hydrogen-bond acceptors (Lipinski definition) is 3. The first kappa shape index (κ1) is 10.2. The van der Waals surface area contributed by atoms with Gasteiger partial charge in [-0.15, -0.1) is 0 Å². The van der Waals surface area contributed by atoms with Crippen molar-refractivity contribution in [2.24, 2.45) is 0 Å². The fourth-order valence-corrected chi connectivity index (χ4v) is 0.545. The van der Waals surface area contributed by atoms with Crippen LogP contribution in [0, 0.1) is 0 Å². The number of amides is 1. The van der Waals surface area contributed by atoms with Gasteiger partial charge in [-0.05, 0) is 20.9 Å². The first-order chi connectivity index (χ1) is 5.16. The molecule has 11 heavy (non-hydrogen) atoms. The topological polar surface area (TPSA) is 50.4 Å². The van der Waals surface area contributed by atoms with E-state index >= 15 is 0 Å². The van der Waals surface area contributed by atoms with Crippen molar-refractivity contribution in [2.75, 3.05) is 20.1 Å². The highest BCUT2D eigenvalue weighted by atomic mass is 16.6. The Morgan fingerprint density at radius 2 is 2.09 bits per heavy atom. The Balaban J connectivity index is 3.23. The molecule has 0 aliphatic heterocycles. The third kappa shape index (κ3) is 7.12. The number of carbonyl (C=O) groups is 1. The molecule has 0 aliphatic rings. The summed E-state index contributed by atoms with van der Waals surface area (Å²) in [4.78, 5) is 10.8. The summed E-state index contributed by atoms with van der Waals surface area (Å²) in [5.41, 5.74) is 0. The Morgan fingerprint density at radius 3 is 2.55 bits per heavy atom. The van der Waals surface area contributed by atoms with Crippen LogP contribution >= 0.6 is 0 Å². The molecule has 0 heterocycles. The van der Waals surface area contributed by atoms with Crippen LogP contribution in [-0.4, -0.2) is 32.3 Å². The van der Waals surface area contributed by atoms with Gasteiger partial charge in [-0.25, -0.2) is 4.79 Å². The van der Waals surface area contributed by atoms with Gasteiger partial charge in [0.2, 0.25) is 0 Å². The standard InChI is InChI=1S/C7H16N2O2/c1-6(2)11-7(10)9-5-4-8-3/h6,8H,4-5H2,1-3H3,(H,9,10). The van der Waals surface area contributed by atoms with Crippen LogP contribution in [0.2, 0.25) is 0 Å². The Hall–Kier alpha value is -0.770. The van der Waals surface area contributed by atoms with Crippen LogP contribution in [0.1, 0.15) is 13.8 Å². The SMILES string of the molecule is CNCCNC(=O)OC(C)C. The second-order valence-electron chi connectivity index (χ2n) is 2.48. The molecule has 0 saturated heterocycles. The Morgan fingerprint density at radius 1 is 1.45 bits per heavy atom. The summed E-state index contributed by atoms with van der Waals surface area (Å²) in [5.74, 6) is 0. The lowest BCUT2D eigenvalue weighted by molar-refractivity contribution is 0.116. The molecule has 0 radical (unpaired) electrons. The zero-order valence-electron chi connectivity index (χ0n) is 7.31. The molecule has 0 atom stereocenters. The minimum Gasteiger partial charge on any atom is -0.447 e. The lowest BCUT2D eigenvalue weighted by atomic mass is 10.5. The monoisotopic (exact) mass is 160 g/mol. The Kier molecular flexibility index (Phi) is 5.56. The predicted molar refractivity (Wildman–Crippen MR) is 43.5 cm³/mol. The van der Waals surface area contributed by atoms with Crippen molar-refractivity contribution in [3.05, 3.63) is 0 Å². The molecule has 4 heteroatoms. The number of alkyl carbamates (subject to hydrolysis) is 1. The van der Waals surface area contributed by atoms with Gasteiger partial charge in [0.1, 0.15) is 0 Å². The van der Waals surface area contributed by atoms with Crippen LogP contribution in [-0.2, 0) is 4.74 Å². The Bertz CT molecular complexity index is 115. The molecule has 0 rings (SSSR count). The second-order valence-corrected chi connectivity index (χ2v) is 2.48. The van der Waals surface area contributed by atoms with E-state index in [1.165, 1.54) is 0 Å². The average molecular weight is 160 g/mol. The van der Waals surface area contributed by atoms with Gasteiger partial charge in [0.15, 0.2) is 0 Å². The zero-order chi connectivity index (χ0) is 8.69. The van der Waals surface area contributed by atoms with Gasteiger partial charge < -0.3 is 15.4 Å². The van der Waals surface area contributed by atoms with E-state index in [0.29, 0.717) is 6.54 Å². The molecule has 0 aliphatic carbocycles. The number of rotatable bonds is 4. The molecular weight excluding hydrogens is 144 g/mol. The van der Waals surface area contributed by atoms with Crippen LogP contribution in [0.3, 0.4) is 0 Å². The summed E-state index contributed by atoms with van der Waals surface area (Å²) in [5, 5.41) is 5.50. The van der Waals surface area contributed by atoms with Gasteiger partial charge in [-0.2, -0.15) is 0 Å². The van der Waals surface area contributed by atoms with Gasteiger partial charge in [0, 0.05) is 13.1 Å². The molecule has 0 spiro atoms. The van der Waals surface area contributed by atoms with E-state index in [1.54, 1.807) is 0 Å². The molecule has 66 valence electrons. The maximum atomic E-state index is 10.8. The van der Waals surface area contributed by atoms with E-state index in [9.17, 15) is 4.79 Å². The highest BCUT2D eigenvalue weighted by molar-refractivity contribution is 5.67. The van der Waals surface area contributed by atoms with Gasteiger partial charge in [-0.1, -0.05) is 0 Å². The molecule has 0 bridgehead atoms. The van der Waals surface area contributed by atoms with Crippen LogP contribution in [0.15, 0.2) is 0 Å². The molecule has 0 aromatic heterocycles. The molecule has 0 unspecified atom stereocenters. The summed E-state index contributed by atoms with van der Waals surface area (Å²) in [7, 11) is 1.83. The predicted octanol–water partition coefficient (Wildman–Crippen LogP) is 0.340. The summed E-state index contributed by atoms with van der Waals surface area (Å²) < 4.78 is 4.82. The molecule has 0 aromatic rings. The lowest BCUT2D eigenvalue weighted by Gasteiger charge is -2.08. The fraction of sp³-hybridized carbons (Fsp3) is 0.857. The number of ether oxygens (including phenoxy) is 1. The smallest absolute Gasteiger partial charge is 0.407 e. The molecular formula is C7H16N2O2. The van der Waals surface area contributed by atoms with Gasteiger partial charge in [-0.3, -0.25) is 0 Å². The lowest BCUT2D eigenvalue weighted by Crippen LogP contribution is -2.32. The van der Waals surface area contributed by atoms with Crippen LogP contribution in [0.5, 0.6) is 0 Å². The molecule has 0 saturated carbocycles. The van der Waals surface area contributed by atoms with Crippen molar-refractivity contribution in [3.63, 3.8) is 0 Å². The summed E-state index contributed by atoms with van der Waals surface area (Å²) >= 11 is 0. The minimum atomic E-state index is -0.352. The summed E-state index contributed by atoms with van der Waals surface area (Å²) in [6.07, 6.45) is -0.403. The van der Waals surface area contributed by atoms with E-state index in [0.717, 1.165) is 6.54 Å².